The van der Waals surface area contributed by atoms with E-state index in [0.717, 1.165) is 37.1 Å². The van der Waals surface area contributed by atoms with Crippen molar-refractivity contribution < 1.29 is 0 Å². The van der Waals surface area contributed by atoms with Crippen LogP contribution < -0.4 is 4.90 Å². The van der Waals surface area contributed by atoms with Crippen LogP contribution in [0, 0.1) is 11.3 Å². The van der Waals surface area contributed by atoms with Crippen LogP contribution in [0.3, 0.4) is 0 Å². The molecule has 0 saturated carbocycles. The third-order valence-corrected chi connectivity index (χ3v) is 4.35. The van der Waals surface area contributed by atoms with Crippen LogP contribution in [0.4, 0.5) is 5.13 Å². The van der Waals surface area contributed by atoms with E-state index >= 15 is 0 Å². The summed E-state index contributed by atoms with van der Waals surface area (Å²) in [6, 6.07) is 2.37. The molecule has 2 heterocycles. The lowest BCUT2D eigenvalue weighted by Crippen LogP contribution is -2.54. The van der Waals surface area contributed by atoms with E-state index < -0.39 is 0 Å². The quantitative estimate of drug-likeness (QED) is 0.848. The molecule has 0 bridgehead atoms. The van der Waals surface area contributed by atoms with Crippen LogP contribution in [0.2, 0.25) is 0 Å². The normalized spacial score (nSPS) is 17.8. The summed E-state index contributed by atoms with van der Waals surface area (Å²) in [7, 11) is 0. The Labute approximate surface area is 119 Å². The van der Waals surface area contributed by atoms with E-state index in [-0.39, 0.29) is 5.54 Å². The molecule has 0 spiro atoms. The van der Waals surface area contributed by atoms with Crippen LogP contribution in [0.15, 0.2) is 0 Å². The average molecular weight is 279 g/mol. The molecule has 0 N–H and O–H groups in total. The van der Waals surface area contributed by atoms with Crippen LogP contribution in [-0.4, -0.2) is 46.0 Å². The number of aromatic nitrogens is 2. The second kappa shape index (κ2) is 5.43. The zero-order valence-electron chi connectivity index (χ0n) is 12.1. The van der Waals surface area contributed by atoms with Gasteiger partial charge in [0.2, 0.25) is 5.13 Å². The van der Waals surface area contributed by atoms with E-state index in [9.17, 15) is 0 Å². The fourth-order valence-electron chi connectivity index (χ4n) is 2.12. The van der Waals surface area contributed by atoms with Crippen molar-refractivity contribution in [2.24, 2.45) is 0 Å². The van der Waals surface area contributed by atoms with Crippen molar-refractivity contribution >= 4 is 16.7 Å². The van der Waals surface area contributed by atoms with E-state index in [1.807, 2.05) is 13.8 Å². The Bertz CT molecular complexity index is 466. The first-order valence-corrected chi connectivity index (χ1v) is 7.46. The van der Waals surface area contributed by atoms with Gasteiger partial charge < -0.3 is 4.90 Å². The van der Waals surface area contributed by atoms with Gasteiger partial charge in [0, 0.05) is 43.6 Å². The summed E-state index contributed by atoms with van der Waals surface area (Å²) in [5.74, 6) is 1.31. The SMILES string of the molecule is CC(C)c1nsc(N2CCN(C(C)(C)C#N)CC2)n1. The van der Waals surface area contributed by atoms with E-state index in [1.54, 1.807) is 0 Å². The third-order valence-electron chi connectivity index (χ3n) is 3.56. The molecule has 0 aromatic carbocycles. The van der Waals surface area contributed by atoms with E-state index in [1.165, 1.54) is 11.5 Å². The highest BCUT2D eigenvalue weighted by atomic mass is 32.1. The largest absolute Gasteiger partial charge is 0.344 e. The van der Waals surface area contributed by atoms with E-state index in [0.29, 0.717) is 5.92 Å². The molecule has 1 aliphatic heterocycles. The molecule has 0 aliphatic carbocycles. The summed E-state index contributed by atoms with van der Waals surface area (Å²) in [5, 5.41) is 10.2. The minimum absolute atomic E-state index is 0.379. The van der Waals surface area contributed by atoms with Gasteiger partial charge in [-0.3, -0.25) is 4.90 Å². The molecule has 0 radical (unpaired) electrons. The lowest BCUT2D eigenvalue weighted by molar-refractivity contribution is 0.158. The van der Waals surface area contributed by atoms with Crippen molar-refractivity contribution in [1.29, 1.82) is 5.26 Å². The van der Waals surface area contributed by atoms with Gasteiger partial charge in [0.25, 0.3) is 0 Å². The Hall–Kier alpha value is -1.19. The highest BCUT2D eigenvalue weighted by Gasteiger charge is 2.30. The number of nitriles is 1. The Kier molecular flexibility index (Phi) is 4.07. The van der Waals surface area contributed by atoms with Crippen molar-refractivity contribution in [1.82, 2.24) is 14.3 Å². The molecule has 104 valence electrons. The van der Waals surface area contributed by atoms with Gasteiger partial charge in [0.1, 0.15) is 11.4 Å². The number of nitrogens with zero attached hydrogens (tertiary/aromatic N) is 5. The first-order chi connectivity index (χ1) is 8.94. The van der Waals surface area contributed by atoms with Crippen LogP contribution in [-0.2, 0) is 0 Å². The van der Waals surface area contributed by atoms with Crippen LogP contribution >= 0.6 is 11.5 Å². The van der Waals surface area contributed by atoms with Gasteiger partial charge in [-0.05, 0) is 13.8 Å². The fourth-order valence-corrected chi connectivity index (χ4v) is 2.98. The fraction of sp³-hybridized carbons (Fsp3) is 0.769. The predicted octanol–water partition coefficient (Wildman–Crippen LogP) is 2.09. The first kappa shape index (κ1) is 14.2. The summed E-state index contributed by atoms with van der Waals surface area (Å²) in [4.78, 5) is 9.09. The molecule has 6 heteroatoms. The van der Waals surface area contributed by atoms with Gasteiger partial charge >= 0.3 is 0 Å². The Balaban J connectivity index is 1.98. The molecule has 0 unspecified atom stereocenters. The van der Waals surface area contributed by atoms with Crippen molar-refractivity contribution in [3.05, 3.63) is 5.82 Å². The summed E-state index contributed by atoms with van der Waals surface area (Å²) in [6.07, 6.45) is 0. The van der Waals surface area contributed by atoms with Crippen molar-refractivity contribution in [2.45, 2.75) is 39.2 Å². The van der Waals surface area contributed by atoms with E-state index in [2.05, 4.69) is 39.1 Å². The molecule has 5 nitrogen and oxygen atoms in total. The Morgan fingerprint density at radius 2 is 1.89 bits per heavy atom. The van der Waals surface area contributed by atoms with Crippen molar-refractivity contribution in [2.75, 3.05) is 31.1 Å². The summed E-state index contributed by atoms with van der Waals surface area (Å²) < 4.78 is 4.40. The predicted molar refractivity (Wildman–Crippen MR) is 77.5 cm³/mol. The lowest BCUT2D eigenvalue weighted by atomic mass is 10.0. The molecule has 1 saturated heterocycles. The van der Waals surface area contributed by atoms with Gasteiger partial charge in [0.15, 0.2) is 0 Å². The second-order valence-electron chi connectivity index (χ2n) is 5.73. The van der Waals surface area contributed by atoms with Gasteiger partial charge in [-0.25, -0.2) is 4.98 Å². The van der Waals surface area contributed by atoms with Crippen LogP contribution in [0.25, 0.3) is 0 Å². The van der Waals surface area contributed by atoms with Gasteiger partial charge in [-0.15, -0.1) is 0 Å². The number of piperazine rings is 1. The third kappa shape index (κ3) is 3.04. The zero-order valence-corrected chi connectivity index (χ0v) is 12.9. The maximum absolute atomic E-state index is 9.17. The molecule has 0 atom stereocenters. The summed E-state index contributed by atoms with van der Waals surface area (Å²) >= 11 is 1.48. The molecule has 0 amide bonds. The summed E-state index contributed by atoms with van der Waals surface area (Å²) in [5.41, 5.74) is -0.379. The van der Waals surface area contributed by atoms with Gasteiger partial charge in [-0.1, -0.05) is 13.8 Å². The Morgan fingerprint density at radius 3 is 2.37 bits per heavy atom. The van der Waals surface area contributed by atoms with Crippen LogP contribution in [0.1, 0.15) is 39.4 Å². The molecule has 1 aromatic heterocycles. The lowest BCUT2D eigenvalue weighted by Gasteiger charge is -2.40. The minimum atomic E-state index is -0.379. The average Bonchev–Trinajstić information content (AvgIpc) is 2.88. The molecule has 1 aromatic rings. The standard InChI is InChI=1S/C13H21N5S/c1-10(2)11-15-12(19-16-11)17-5-7-18(8-6-17)13(3,4)9-14/h10H,5-8H2,1-4H3. The molecular weight excluding hydrogens is 258 g/mol. The molecule has 2 rings (SSSR count). The number of anilines is 1. The summed E-state index contributed by atoms with van der Waals surface area (Å²) in [6.45, 7) is 11.8. The smallest absolute Gasteiger partial charge is 0.205 e. The molecule has 1 aliphatic rings. The number of hydrogen-bond donors (Lipinski definition) is 0. The monoisotopic (exact) mass is 279 g/mol. The van der Waals surface area contributed by atoms with Crippen molar-refractivity contribution in [3.63, 3.8) is 0 Å². The van der Waals surface area contributed by atoms with Crippen molar-refractivity contribution in [3.8, 4) is 6.07 Å². The second-order valence-corrected chi connectivity index (χ2v) is 6.47. The van der Waals surface area contributed by atoms with Gasteiger partial charge in [-0.2, -0.15) is 9.64 Å². The van der Waals surface area contributed by atoms with Gasteiger partial charge in [0.05, 0.1) is 6.07 Å². The highest BCUT2D eigenvalue weighted by Crippen LogP contribution is 2.24. The maximum atomic E-state index is 9.17. The maximum Gasteiger partial charge on any atom is 0.205 e. The van der Waals surface area contributed by atoms with Crippen LogP contribution in [0.5, 0.6) is 0 Å². The minimum Gasteiger partial charge on any atom is -0.344 e. The zero-order chi connectivity index (χ0) is 14.0. The van der Waals surface area contributed by atoms with E-state index in [4.69, 9.17) is 5.26 Å². The number of rotatable bonds is 3. The molecular formula is C13H21N5S. The molecule has 19 heavy (non-hydrogen) atoms. The first-order valence-electron chi connectivity index (χ1n) is 6.69. The highest BCUT2D eigenvalue weighted by molar-refractivity contribution is 7.09. The topological polar surface area (TPSA) is 56.1 Å². The Morgan fingerprint density at radius 1 is 1.26 bits per heavy atom. The number of hydrogen-bond acceptors (Lipinski definition) is 6. The molecule has 1 fully saturated rings.